The van der Waals surface area contributed by atoms with Gasteiger partial charge in [-0.1, -0.05) is 18.2 Å². The average molecular weight is 285 g/mol. The molecule has 2 rings (SSSR count). The Morgan fingerprint density at radius 3 is 1.71 bits per heavy atom. The van der Waals surface area contributed by atoms with Crippen LogP contribution in [0, 0.1) is 0 Å². The van der Waals surface area contributed by atoms with Crippen molar-refractivity contribution in [1.82, 2.24) is 0 Å². The Kier molecular flexibility index (Phi) is 3.99. The lowest BCUT2D eigenvalue weighted by Crippen LogP contribution is -2.14. The molecular formula is C15H11NO5. The Labute approximate surface area is 119 Å². The second-order valence-electron chi connectivity index (χ2n) is 4.23. The first-order valence-electron chi connectivity index (χ1n) is 5.95. The van der Waals surface area contributed by atoms with E-state index in [1.165, 1.54) is 0 Å². The molecule has 0 aliphatic rings. The van der Waals surface area contributed by atoms with E-state index in [0.717, 1.165) is 18.2 Å². The Morgan fingerprint density at radius 2 is 1.24 bits per heavy atom. The van der Waals surface area contributed by atoms with Gasteiger partial charge >= 0.3 is 11.9 Å². The zero-order valence-electron chi connectivity index (χ0n) is 10.7. The summed E-state index contributed by atoms with van der Waals surface area (Å²) < 4.78 is 0. The van der Waals surface area contributed by atoms with Gasteiger partial charge in [0, 0.05) is 11.3 Å². The molecule has 0 aliphatic heterocycles. The summed E-state index contributed by atoms with van der Waals surface area (Å²) >= 11 is 0. The van der Waals surface area contributed by atoms with Crippen molar-refractivity contribution in [2.45, 2.75) is 0 Å². The Bertz CT molecular complexity index is 677. The molecule has 2 aromatic carbocycles. The number of carboxylic acids is 2. The van der Waals surface area contributed by atoms with Crippen LogP contribution in [0.5, 0.6) is 0 Å². The number of carbonyl (C=O) groups excluding carboxylic acids is 1. The number of carboxylic acid groups (broad SMARTS) is 2. The van der Waals surface area contributed by atoms with Crippen LogP contribution in [0.3, 0.4) is 0 Å². The van der Waals surface area contributed by atoms with Gasteiger partial charge in [-0.2, -0.15) is 0 Å². The van der Waals surface area contributed by atoms with Crippen LogP contribution in [-0.4, -0.2) is 28.1 Å². The van der Waals surface area contributed by atoms with Gasteiger partial charge < -0.3 is 15.5 Å². The molecule has 0 unspecified atom stereocenters. The molecule has 2 aromatic rings. The number of aromatic carboxylic acids is 2. The number of carbonyl (C=O) groups is 3. The molecule has 0 saturated heterocycles. The quantitative estimate of drug-likeness (QED) is 0.799. The standard InChI is InChI=1S/C15H11NO5/c17-13(16-12-4-2-1-3-5-12)9-6-10(14(18)19)8-11(7-9)15(20)21/h1-8H,(H,16,17)(H,18,19)(H,20,21). The molecule has 0 atom stereocenters. The number of amides is 1. The third kappa shape index (κ3) is 3.44. The zero-order valence-corrected chi connectivity index (χ0v) is 10.7. The van der Waals surface area contributed by atoms with Gasteiger partial charge in [0.25, 0.3) is 5.91 Å². The molecule has 0 bridgehead atoms. The smallest absolute Gasteiger partial charge is 0.335 e. The molecule has 1 amide bonds. The summed E-state index contributed by atoms with van der Waals surface area (Å²) in [6, 6.07) is 11.8. The van der Waals surface area contributed by atoms with Crippen molar-refractivity contribution in [3.8, 4) is 0 Å². The minimum Gasteiger partial charge on any atom is -0.478 e. The fourth-order valence-electron chi connectivity index (χ4n) is 1.73. The lowest BCUT2D eigenvalue weighted by atomic mass is 10.0. The van der Waals surface area contributed by atoms with Gasteiger partial charge in [-0.05, 0) is 30.3 Å². The van der Waals surface area contributed by atoms with Crippen LogP contribution >= 0.6 is 0 Å². The van der Waals surface area contributed by atoms with Crippen molar-refractivity contribution in [3.05, 3.63) is 65.2 Å². The third-order valence-electron chi connectivity index (χ3n) is 2.72. The van der Waals surface area contributed by atoms with Gasteiger partial charge in [0.1, 0.15) is 0 Å². The Balaban J connectivity index is 2.36. The average Bonchev–Trinajstić information content (AvgIpc) is 2.47. The predicted octanol–water partition coefficient (Wildman–Crippen LogP) is 2.34. The van der Waals surface area contributed by atoms with Gasteiger partial charge in [-0.3, -0.25) is 4.79 Å². The summed E-state index contributed by atoms with van der Waals surface area (Å²) in [6.07, 6.45) is 0. The first-order valence-corrected chi connectivity index (χ1v) is 5.95. The molecule has 0 aromatic heterocycles. The van der Waals surface area contributed by atoms with Crippen LogP contribution in [0.1, 0.15) is 31.1 Å². The van der Waals surface area contributed by atoms with E-state index in [-0.39, 0.29) is 16.7 Å². The molecule has 0 saturated carbocycles. The van der Waals surface area contributed by atoms with Gasteiger partial charge in [0.15, 0.2) is 0 Å². The number of nitrogens with one attached hydrogen (secondary N) is 1. The first kappa shape index (κ1) is 14.3. The number of anilines is 1. The largest absolute Gasteiger partial charge is 0.478 e. The van der Waals surface area contributed by atoms with E-state index in [0.29, 0.717) is 5.69 Å². The molecule has 0 fully saturated rings. The summed E-state index contributed by atoms with van der Waals surface area (Å²) in [5.41, 5.74) is -0.0162. The molecule has 0 heterocycles. The van der Waals surface area contributed by atoms with E-state index < -0.39 is 17.8 Å². The van der Waals surface area contributed by atoms with Gasteiger partial charge in [0.05, 0.1) is 11.1 Å². The maximum absolute atomic E-state index is 12.1. The van der Waals surface area contributed by atoms with E-state index in [4.69, 9.17) is 10.2 Å². The summed E-state index contributed by atoms with van der Waals surface area (Å²) in [4.78, 5) is 34.0. The lowest BCUT2D eigenvalue weighted by molar-refractivity contribution is 0.0696. The van der Waals surface area contributed by atoms with Gasteiger partial charge in [0.2, 0.25) is 0 Å². The van der Waals surface area contributed by atoms with Crippen LogP contribution in [0.2, 0.25) is 0 Å². The normalized spacial score (nSPS) is 9.90. The van der Waals surface area contributed by atoms with Crippen LogP contribution in [0.25, 0.3) is 0 Å². The zero-order chi connectivity index (χ0) is 15.4. The van der Waals surface area contributed by atoms with Crippen molar-refractivity contribution in [2.24, 2.45) is 0 Å². The second kappa shape index (κ2) is 5.87. The summed E-state index contributed by atoms with van der Waals surface area (Å²) in [5.74, 6) is -3.18. The summed E-state index contributed by atoms with van der Waals surface area (Å²) in [6.45, 7) is 0. The van der Waals surface area contributed by atoms with Crippen molar-refractivity contribution in [3.63, 3.8) is 0 Å². The van der Waals surface area contributed by atoms with E-state index >= 15 is 0 Å². The maximum atomic E-state index is 12.1. The molecule has 0 spiro atoms. The van der Waals surface area contributed by atoms with Crippen molar-refractivity contribution in [1.29, 1.82) is 0 Å². The molecule has 0 aliphatic carbocycles. The van der Waals surface area contributed by atoms with E-state index in [2.05, 4.69) is 5.32 Å². The molecule has 106 valence electrons. The van der Waals surface area contributed by atoms with Crippen molar-refractivity contribution >= 4 is 23.5 Å². The van der Waals surface area contributed by atoms with Crippen molar-refractivity contribution < 1.29 is 24.6 Å². The predicted molar refractivity (Wildman–Crippen MR) is 74.8 cm³/mol. The molecule has 3 N–H and O–H groups in total. The third-order valence-corrected chi connectivity index (χ3v) is 2.72. The molecule has 0 radical (unpaired) electrons. The number of hydrogen-bond donors (Lipinski definition) is 3. The Hall–Kier alpha value is -3.15. The number of para-hydroxylation sites is 1. The molecular weight excluding hydrogens is 274 g/mol. The highest BCUT2D eigenvalue weighted by molar-refractivity contribution is 6.07. The second-order valence-corrected chi connectivity index (χ2v) is 4.23. The topological polar surface area (TPSA) is 104 Å². The molecule has 21 heavy (non-hydrogen) atoms. The minimum atomic E-state index is -1.30. The fourth-order valence-corrected chi connectivity index (χ4v) is 1.73. The summed E-state index contributed by atoms with van der Waals surface area (Å²) in [5, 5.41) is 20.5. The number of hydrogen-bond acceptors (Lipinski definition) is 3. The first-order chi connectivity index (χ1) is 9.97. The van der Waals surface area contributed by atoms with Crippen LogP contribution in [0.15, 0.2) is 48.5 Å². The maximum Gasteiger partial charge on any atom is 0.335 e. The summed E-state index contributed by atoms with van der Waals surface area (Å²) in [7, 11) is 0. The van der Waals surface area contributed by atoms with E-state index in [1.54, 1.807) is 30.3 Å². The monoisotopic (exact) mass is 285 g/mol. The van der Waals surface area contributed by atoms with Crippen LogP contribution in [0.4, 0.5) is 5.69 Å². The van der Waals surface area contributed by atoms with Gasteiger partial charge in [-0.25, -0.2) is 9.59 Å². The Morgan fingerprint density at radius 1 is 0.762 bits per heavy atom. The SMILES string of the molecule is O=C(O)c1cc(C(=O)O)cc(C(=O)Nc2ccccc2)c1. The number of rotatable bonds is 4. The fraction of sp³-hybridized carbons (Fsp3) is 0. The van der Waals surface area contributed by atoms with E-state index in [9.17, 15) is 14.4 Å². The highest BCUT2D eigenvalue weighted by Crippen LogP contribution is 2.14. The van der Waals surface area contributed by atoms with Crippen molar-refractivity contribution in [2.75, 3.05) is 5.32 Å². The molecule has 6 heteroatoms. The van der Waals surface area contributed by atoms with Crippen LogP contribution < -0.4 is 5.32 Å². The van der Waals surface area contributed by atoms with Gasteiger partial charge in [-0.15, -0.1) is 0 Å². The molecule has 6 nitrogen and oxygen atoms in total. The van der Waals surface area contributed by atoms with E-state index in [1.807, 2.05) is 0 Å². The highest BCUT2D eigenvalue weighted by atomic mass is 16.4. The highest BCUT2D eigenvalue weighted by Gasteiger charge is 2.15. The van der Waals surface area contributed by atoms with Crippen LogP contribution in [-0.2, 0) is 0 Å². The number of benzene rings is 2. The minimum absolute atomic E-state index is 0.0313. The lowest BCUT2D eigenvalue weighted by Gasteiger charge is -2.07.